The lowest BCUT2D eigenvalue weighted by molar-refractivity contribution is -0.149. The number of methoxy groups -OCH3 is 1. The van der Waals surface area contributed by atoms with Crippen molar-refractivity contribution < 1.29 is 23.8 Å². The highest BCUT2D eigenvalue weighted by Crippen LogP contribution is 2.45. The monoisotopic (exact) mass is 496 g/mol. The molecule has 0 bridgehead atoms. The van der Waals surface area contributed by atoms with Crippen LogP contribution < -0.4 is 20.1 Å². The number of carbonyl (C=O) groups is 2. The Labute approximate surface area is 202 Å². The highest BCUT2D eigenvalue weighted by atomic mass is 35.5. The predicted octanol–water partition coefficient (Wildman–Crippen LogP) is 2.45. The molecule has 0 radical (unpaired) electrons. The molecule has 178 valence electrons. The minimum Gasteiger partial charge on any atom is -0.497 e. The molecule has 2 aliphatic rings. The van der Waals surface area contributed by atoms with Crippen LogP contribution in [0.3, 0.4) is 0 Å². The van der Waals surface area contributed by atoms with Crippen LogP contribution in [0, 0.1) is 5.92 Å². The second-order valence-electron chi connectivity index (χ2n) is 7.84. The van der Waals surface area contributed by atoms with E-state index in [1.54, 1.807) is 38.3 Å². The lowest BCUT2D eigenvalue weighted by Gasteiger charge is -2.20. The maximum absolute atomic E-state index is 12.8. The largest absolute Gasteiger partial charge is 0.497 e. The predicted molar refractivity (Wildman–Crippen MR) is 125 cm³/mol. The molecule has 1 amide bonds. The summed E-state index contributed by atoms with van der Waals surface area (Å²) in [6.45, 7) is 6.14. The molecular weight excluding hydrogens is 471 g/mol. The summed E-state index contributed by atoms with van der Waals surface area (Å²) in [6, 6.07) is 4.76. The summed E-state index contributed by atoms with van der Waals surface area (Å²) < 4.78 is 16.3. The van der Waals surface area contributed by atoms with E-state index in [0.717, 1.165) is 0 Å². The van der Waals surface area contributed by atoms with Crippen LogP contribution in [0.1, 0.15) is 19.8 Å². The van der Waals surface area contributed by atoms with Crippen LogP contribution in [0.2, 0.25) is 5.15 Å². The first-order valence-electron chi connectivity index (χ1n) is 10.4. The number of fused-ring (bicyclic) bond motifs is 1. The van der Waals surface area contributed by atoms with Gasteiger partial charge in [-0.2, -0.15) is 0 Å². The van der Waals surface area contributed by atoms with Crippen LogP contribution in [-0.2, 0) is 14.3 Å². The Morgan fingerprint density at radius 3 is 2.82 bits per heavy atom. The molecule has 2 N–H and O–H groups in total. The number of hydrogen-bond donors (Lipinski definition) is 2. The van der Waals surface area contributed by atoms with Gasteiger partial charge in [-0.3, -0.25) is 4.79 Å². The van der Waals surface area contributed by atoms with Crippen molar-refractivity contribution in [2.75, 3.05) is 20.3 Å². The van der Waals surface area contributed by atoms with E-state index in [0.29, 0.717) is 36.2 Å². The lowest BCUT2D eigenvalue weighted by Crippen LogP contribution is -2.51. The molecule has 1 aromatic carbocycles. The van der Waals surface area contributed by atoms with E-state index < -0.39 is 17.6 Å². The van der Waals surface area contributed by atoms with Crippen molar-refractivity contribution in [3.05, 3.63) is 36.0 Å². The highest BCUT2D eigenvalue weighted by molar-refractivity contribution is 6.31. The third-order valence-corrected chi connectivity index (χ3v) is 6.02. The molecule has 11 heteroatoms. The van der Waals surface area contributed by atoms with Crippen LogP contribution in [-0.4, -0.2) is 59.8 Å². The third-order valence-electron chi connectivity index (χ3n) is 5.77. The van der Waals surface area contributed by atoms with Crippen LogP contribution in [0.5, 0.6) is 11.6 Å². The second kappa shape index (κ2) is 10.1. The van der Waals surface area contributed by atoms with E-state index >= 15 is 0 Å². The van der Waals surface area contributed by atoms with Gasteiger partial charge in [0.2, 0.25) is 5.91 Å². The van der Waals surface area contributed by atoms with Crippen molar-refractivity contribution >= 4 is 46.9 Å². The summed E-state index contributed by atoms with van der Waals surface area (Å²) in [5.41, 5.74) is 0.182. The molecule has 2 heterocycles. The van der Waals surface area contributed by atoms with Crippen molar-refractivity contribution in [2.24, 2.45) is 5.92 Å². The van der Waals surface area contributed by atoms with Gasteiger partial charge in [-0.1, -0.05) is 17.7 Å². The molecule has 0 spiro atoms. The summed E-state index contributed by atoms with van der Waals surface area (Å²) >= 11 is 6.26. The number of aromatic nitrogens is 2. The Morgan fingerprint density at radius 1 is 1.36 bits per heavy atom. The molecule has 2 aromatic rings. The number of amides is 1. The number of halogens is 2. The minimum absolute atomic E-state index is 0. The van der Waals surface area contributed by atoms with Gasteiger partial charge in [0, 0.05) is 24.9 Å². The number of esters is 1. The molecule has 9 nitrogen and oxygen atoms in total. The molecule has 1 aliphatic heterocycles. The maximum atomic E-state index is 12.8. The fourth-order valence-corrected chi connectivity index (χ4v) is 4.10. The summed E-state index contributed by atoms with van der Waals surface area (Å²) in [5.74, 6) is -0.0146. The molecule has 0 unspecified atom stereocenters. The van der Waals surface area contributed by atoms with E-state index in [2.05, 4.69) is 27.2 Å². The van der Waals surface area contributed by atoms with Crippen molar-refractivity contribution in [1.29, 1.82) is 0 Å². The van der Waals surface area contributed by atoms with E-state index in [4.69, 9.17) is 25.8 Å². The lowest BCUT2D eigenvalue weighted by atomic mass is 10.1. The fourth-order valence-electron chi connectivity index (χ4n) is 3.92. The first kappa shape index (κ1) is 25.0. The smallest absolute Gasteiger partial charge is 0.332 e. The average molecular weight is 497 g/mol. The second-order valence-corrected chi connectivity index (χ2v) is 8.20. The normalized spacial score (nSPS) is 25.6. The van der Waals surface area contributed by atoms with E-state index in [1.165, 1.54) is 0 Å². The number of nitrogens with one attached hydrogen (secondary N) is 2. The Balaban J connectivity index is 0.00000306. The third kappa shape index (κ3) is 5.00. The van der Waals surface area contributed by atoms with E-state index in [9.17, 15) is 9.59 Å². The zero-order valence-corrected chi connectivity index (χ0v) is 19.9. The maximum Gasteiger partial charge on any atom is 0.332 e. The van der Waals surface area contributed by atoms with Gasteiger partial charge in [0.25, 0.3) is 5.88 Å². The number of nitrogens with zero attached hydrogens (tertiary/aromatic N) is 2. The number of rotatable bonds is 8. The Bertz CT molecular complexity index is 1070. The van der Waals surface area contributed by atoms with Gasteiger partial charge in [0.05, 0.1) is 30.8 Å². The topological polar surface area (TPSA) is 112 Å². The number of benzene rings is 1. The SMILES string of the molecule is C=C[C@@H]1C[C@]1(NC(=O)[C@@H]1C[C@@H](Oc2nc3cc(OC)ccc3nc2Cl)CN1)C(=O)OCC.Cl. The quantitative estimate of drug-likeness (QED) is 0.423. The van der Waals surface area contributed by atoms with Crippen LogP contribution in [0.15, 0.2) is 30.9 Å². The van der Waals surface area contributed by atoms with Gasteiger partial charge in [-0.15, -0.1) is 19.0 Å². The van der Waals surface area contributed by atoms with Gasteiger partial charge in [-0.25, -0.2) is 14.8 Å². The molecule has 1 saturated heterocycles. The summed E-state index contributed by atoms with van der Waals surface area (Å²) in [5, 5.41) is 6.13. The summed E-state index contributed by atoms with van der Waals surface area (Å²) in [4.78, 5) is 34.0. The van der Waals surface area contributed by atoms with Crippen molar-refractivity contribution in [1.82, 2.24) is 20.6 Å². The summed E-state index contributed by atoms with van der Waals surface area (Å²) in [7, 11) is 1.57. The van der Waals surface area contributed by atoms with Crippen LogP contribution in [0.25, 0.3) is 11.0 Å². The molecule has 4 atom stereocenters. The average Bonchev–Trinajstić information content (AvgIpc) is 3.30. The van der Waals surface area contributed by atoms with Gasteiger partial charge >= 0.3 is 5.97 Å². The highest BCUT2D eigenvalue weighted by Gasteiger charge is 2.61. The number of carbonyl (C=O) groups excluding carboxylic acids is 2. The molecular formula is C22H26Cl2N4O5. The van der Waals surface area contributed by atoms with Crippen molar-refractivity contribution in [3.63, 3.8) is 0 Å². The molecule has 2 fully saturated rings. The Morgan fingerprint density at radius 2 is 2.15 bits per heavy atom. The Hall–Kier alpha value is -2.62. The Kier molecular flexibility index (Phi) is 7.66. The number of hydrogen-bond acceptors (Lipinski definition) is 8. The fraction of sp³-hybridized carbons (Fsp3) is 0.455. The van der Waals surface area contributed by atoms with Crippen LogP contribution in [0.4, 0.5) is 0 Å². The van der Waals surface area contributed by atoms with Crippen molar-refractivity contribution in [3.8, 4) is 11.6 Å². The number of ether oxygens (including phenoxy) is 3. The standard InChI is InChI=1S/C22H25ClN4O5.ClH/c1-4-12-10-22(12,21(29)31-5-2)27-19(28)17-9-14(11-24-17)32-20-18(23)25-15-7-6-13(30-3)8-16(15)26-20;/h4,6-8,12,14,17,24H,1,5,9-11H2,2-3H3,(H,27,28);1H/t12-,14-,17+,22-;/m1./s1. The van der Waals surface area contributed by atoms with Gasteiger partial charge in [0.15, 0.2) is 5.15 Å². The zero-order valence-electron chi connectivity index (χ0n) is 18.3. The van der Waals surface area contributed by atoms with Crippen LogP contribution >= 0.6 is 24.0 Å². The molecule has 1 aliphatic carbocycles. The van der Waals surface area contributed by atoms with Crippen molar-refractivity contribution in [2.45, 2.75) is 37.5 Å². The summed E-state index contributed by atoms with van der Waals surface area (Å²) in [6.07, 6.45) is 2.20. The molecule has 33 heavy (non-hydrogen) atoms. The van der Waals surface area contributed by atoms with Gasteiger partial charge in [-0.05, 0) is 25.5 Å². The van der Waals surface area contributed by atoms with Gasteiger partial charge in [0.1, 0.15) is 17.4 Å². The molecule has 1 saturated carbocycles. The first-order valence-corrected chi connectivity index (χ1v) is 10.8. The van der Waals surface area contributed by atoms with E-state index in [1.807, 2.05) is 0 Å². The zero-order chi connectivity index (χ0) is 22.9. The molecule has 1 aromatic heterocycles. The first-order chi connectivity index (χ1) is 15.4. The molecule has 4 rings (SSSR count). The minimum atomic E-state index is -1.03. The van der Waals surface area contributed by atoms with E-state index in [-0.39, 0.29) is 48.0 Å². The van der Waals surface area contributed by atoms with Gasteiger partial charge < -0.3 is 24.8 Å².